The van der Waals surface area contributed by atoms with Crippen LogP contribution in [0.25, 0.3) is 0 Å². The van der Waals surface area contributed by atoms with Crippen LogP contribution >= 0.6 is 0 Å². The van der Waals surface area contributed by atoms with Gasteiger partial charge in [-0.15, -0.1) is 0 Å². The number of nitro groups is 1. The molecule has 0 bridgehead atoms. The molecule has 0 radical (unpaired) electrons. The Bertz CT molecular complexity index is 738. The summed E-state index contributed by atoms with van der Waals surface area (Å²) >= 11 is 0. The maximum absolute atomic E-state index is 12.1. The zero-order chi connectivity index (χ0) is 14.8. The van der Waals surface area contributed by atoms with Crippen LogP contribution in [-0.4, -0.2) is 13.3 Å². The van der Waals surface area contributed by atoms with E-state index in [0.717, 1.165) is 17.7 Å². The summed E-state index contributed by atoms with van der Waals surface area (Å²) in [5.74, 6) is 0.105. The minimum Gasteiger partial charge on any atom is -0.379 e. The van der Waals surface area contributed by atoms with Crippen molar-refractivity contribution in [3.63, 3.8) is 0 Å². The average molecular weight is 293 g/mol. The van der Waals surface area contributed by atoms with Crippen molar-refractivity contribution in [1.29, 1.82) is 0 Å². The number of rotatable bonds is 4. The highest BCUT2D eigenvalue weighted by Gasteiger charge is 2.26. The van der Waals surface area contributed by atoms with Gasteiger partial charge in [0.1, 0.15) is 5.75 Å². The lowest BCUT2D eigenvalue weighted by Crippen LogP contribution is -2.11. The van der Waals surface area contributed by atoms with Crippen LogP contribution in [0.4, 0.5) is 5.69 Å². The van der Waals surface area contributed by atoms with Crippen molar-refractivity contribution >= 4 is 15.8 Å². The van der Waals surface area contributed by atoms with E-state index in [9.17, 15) is 18.5 Å². The predicted molar refractivity (Wildman–Crippen MR) is 72.1 cm³/mol. The number of aryl methyl sites for hydroxylation is 1. The summed E-state index contributed by atoms with van der Waals surface area (Å²) in [6.45, 7) is 1.85. The fraction of sp³-hybridized carbons (Fsp3) is 0.0769. The van der Waals surface area contributed by atoms with Crippen LogP contribution in [0, 0.1) is 17.0 Å². The summed E-state index contributed by atoms with van der Waals surface area (Å²) in [6, 6.07) is 11.4. The zero-order valence-corrected chi connectivity index (χ0v) is 11.3. The maximum Gasteiger partial charge on any atom is 0.346 e. The van der Waals surface area contributed by atoms with Gasteiger partial charge in [0, 0.05) is 6.07 Å². The molecule has 0 spiro atoms. The van der Waals surface area contributed by atoms with Crippen molar-refractivity contribution in [2.45, 2.75) is 11.8 Å². The first-order chi connectivity index (χ1) is 9.40. The van der Waals surface area contributed by atoms with Crippen LogP contribution in [0.1, 0.15) is 5.56 Å². The number of nitro benzene ring substituents is 1. The van der Waals surface area contributed by atoms with Crippen molar-refractivity contribution < 1.29 is 17.5 Å². The fourth-order valence-corrected chi connectivity index (χ4v) is 2.68. The fourth-order valence-electron chi connectivity index (χ4n) is 1.58. The van der Waals surface area contributed by atoms with Gasteiger partial charge in [-0.2, -0.15) is 8.42 Å². The standard InChI is InChI=1S/C13H11NO5S/c1-10-6-8-11(9-7-10)19-20(17,18)13-5-3-2-4-12(13)14(15)16/h2-9H,1H3. The van der Waals surface area contributed by atoms with Crippen molar-refractivity contribution in [2.75, 3.05) is 0 Å². The van der Waals surface area contributed by atoms with E-state index in [4.69, 9.17) is 4.18 Å². The molecule has 0 unspecified atom stereocenters. The van der Waals surface area contributed by atoms with Gasteiger partial charge in [0.25, 0.3) is 5.69 Å². The minimum atomic E-state index is -4.24. The molecule has 0 N–H and O–H groups in total. The van der Waals surface area contributed by atoms with Crippen molar-refractivity contribution in [3.8, 4) is 5.75 Å². The van der Waals surface area contributed by atoms with Crippen LogP contribution in [0.2, 0.25) is 0 Å². The second-order valence-electron chi connectivity index (χ2n) is 4.08. The normalized spacial score (nSPS) is 11.1. The van der Waals surface area contributed by atoms with Crippen LogP contribution in [0.15, 0.2) is 53.4 Å². The number of benzene rings is 2. The largest absolute Gasteiger partial charge is 0.379 e. The molecule has 0 fully saturated rings. The smallest absolute Gasteiger partial charge is 0.346 e. The molecular formula is C13H11NO5S. The van der Waals surface area contributed by atoms with Gasteiger partial charge in [-0.3, -0.25) is 10.1 Å². The minimum absolute atomic E-state index is 0.105. The number of hydrogen-bond acceptors (Lipinski definition) is 5. The molecule has 0 saturated heterocycles. The molecule has 104 valence electrons. The lowest BCUT2D eigenvalue weighted by molar-refractivity contribution is -0.387. The molecule has 0 aromatic heterocycles. The first kappa shape index (κ1) is 14.0. The molecule has 20 heavy (non-hydrogen) atoms. The van der Waals surface area contributed by atoms with E-state index in [1.807, 2.05) is 6.92 Å². The van der Waals surface area contributed by atoms with Gasteiger partial charge >= 0.3 is 10.1 Å². The molecule has 0 aliphatic carbocycles. The third kappa shape index (κ3) is 2.94. The Balaban J connectivity index is 2.41. The summed E-state index contributed by atoms with van der Waals surface area (Å²) in [7, 11) is -4.24. The van der Waals surface area contributed by atoms with E-state index in [-0.39, 0.29) is 5.75 Å². The van der Waals surface area contributed by atoms with Crippen molar-refractivity contribution in [1.82, 2.24) is 0 Å². The zero-order valence-electron chi connectivity index (χ0n) is 10.5. The van der Waals surface area contributed by atoms with E-state index in [1.54, 1.807) is 12.1 Å². The average Bonchev–Trinajstić information content (AvgIpc) is 2.41. The van der Waals surface area contributed by atoms with Crippen LogP contribution in [0.5, 0.6) is 5.75 Å². The SMILES string of the molecule is Cc1ccc(OS(=O)(=O)c2ccccc2[N+](=O)[O-])cc1. The molecule has 0 heterocycles. The molecule has 2 rings (SSSR count). The second kappa shape index (κ2) is 5.30. The summed E-state index contributed by atoms with van der Waals surface area (Å²) in [6.07, 6.45) is 0. The Morgan fingerprint density at radius 3 is 2.25 bits per heavy atom. The Kier molecular flexibility index (Phi) is 3.71. The summed E-state index contributed by atoms with van der Waals surface area (Å²) in [5, 5.41) is 10.9. The molecule has 0 amide bonds. The van der Waals surface area contributed by atoms with Crippen LogP contribution < -0.4 is 4.18 Å². The van der Waals surface area contributed by atoms with E-state index in [1.165, 1.54) is 24.3 Å². The monoisotopic (exact) mass is 293 g/mol. The van der Waals surface area contributed by atoms with E-state index in [0.29, 0.717) is 0 Å². The molecule has 0 atom stereocenters. The molecule has 6 nitrogen and oxygen atoms in total. The topological polar surface area (TPSA) is 86.5 Å². The number of nitrogens with zero attached hydrogens (tertiary/aromatic N) is 1. The first-order valence-electron chi connectivity index (χ1n) is 5.65. The Hall–Kier alpha value is -2.41. The van der Waals surface area contributed by atoms with E-state index < -0.39 is 25.6 Å². The van der Waals surface area contributed by atoms with Gasteiger partial charge in [-0.05, 0) is 25.1 Å². The highest BCUT2D eigenvalue weighted by molar-refractivity contribution is 7.87. The van der Waals surface area contributed by atoms with E-state index in [2.05, 4.69) is 0 Å². The van der Waals surface area contributed by atoms with Gasteiger partial charge in [0.05, 0.1) is 4.92 Å². The Labute approximate surface area is 115 Å². The number of hydrogen-bond donors (Lipinski definition) is 0. The lowest BCUT2D eigenvalue weighted by atomic mass is 10.2. The van der Waals surface area contributed by atoms with Gasteiger partial charge in [-0.25, -0.2) is 0 Å². The summed E-state index contributed by atoms with van der Waals surface area (Å²) in [5.41, 5.74) is 0.431. The first-order valence-corrected chi connectivity index (χ1v) is 7.05. The maximum atomic E-state index is 12.1. The number of para-hydroxylation sites is 1. The molecule has 7 heteroatoms. The quantitative estimate of drug-likeness (QED) is 0.491. The van der Waals surface area contributed by atoms with Gasteiger partial charge in [0.2, 0.25) is 0 Å². The van der Waals surface area contributed by atoms with Gasteiger partial charge in [0.15, 0.2) is 4.90 Å². The summed E-state index contributed by atoms with van der Waals surface area (Å²) in [4.78, 5) is 9.63. The van der Waals surface area contributed by atoms with Crippen LogP contribution in [0.3, 0.4) is 0 Å². The Morgan fingerprint density at radius 2 is 1.65 bits per heavy atom. The van der Waals surface area contributed by atoms with Crippen LogP contribution in [-0.2, 0) is 10.1 Å². The van der Waals surface area contributed by atoms with Gasteiger partial charge < -0.3 is 4.18 Å². The third-order valence-electron chi connectivity index (χ3n) is 2.56. The second-order valence-corrected chi connectivity index (χ2v) is 5.59. The molecule has 0 aliphatic rings. The lowest BCUT2D eigenvalue weighted by Gasteiger charge is -2.07. The molecule has 2 aromatic rings. The molecule has 0 aliphatic heterocycles. The molecule has 2 aromatic carbocycles. The molecule has 0 saturated carbocycles. The summed E-state index contributed by atoms with van der Waals surface area (Å²) < 4.78 is 29.1. The third-order valence-corrected chi connectivity index (χ3v) is 3.85. The van der Waals surface area contributed by atoms with Crippen molar-refractivity contribution in [2.24, 2.45) is 0 Å². The van der Waals surface area contributed by atoms with Gasteiger partial charge in [-0.1, -0.05) is 29.8 Å². The Morgan fingerprint density at radius 1 is 1.05 bits per heavy atom. The predicted octanol–water partition coefficient (Wildman–Crippen LogP) is 2.67. The highest BCUT2D eigenvalue weighted by atomic mass is 32.2. The van der Waals surface area contributed by atoms with E-state index >= 15 is 0 Å². The highest BCUT2D eigenvalue weighted by Crippen LogP contribution is 2.26. The van der Waals surface area contributed by atoms with Crippen molar-refractivity contribution in [3.05, 3.63) is 64.2 Å². The molecular weight excluding hydrogens is 282 g/mol.